The lowest BCUT2D eigenvalue weighted by Crippen LogP contribution is -2.35. The van der Waals surface area contributed by atoms with Gasteiger partial charge in [-0.1, -0.05) is 13.0 Å². The Morgan fingerprint density at radius 1 is 1.40 bits per heavy atom. The van der Waals surface area contributed by atoms with Crippen molar-refractivity contribution < 1.29 is 14.3 Å². The summed E-state index contributed by atoms with van der Waals surface area (Å²) in [6.07, 6.45) is 1.25. The second-order valence-corrected chi connectivity index (χ2v) is 4.59. The highest BCUT2D eigenvalue weighted by Gasteiger charge is 2.14. The van der Waals surface area contributed by atoms with Crippen LogP contribution in [0.3, 0.4) is 0 Å². The first-order valence-corrected chi connectivity index (χ1v) is 6.76. The summed E-state index contributed by atoms with van der Waals surface area (Å²) < 4.78 is 5.47. The van der Waals surface area contributed by atoms with Crippen molar-refractivity contribution in [3.63, 3.8) is 0 Å². The zero-order valence-corrected chi connectivity index (χ0v) is 11.5. The van der Waals surface area contributed by atoms with E-state index >= 15 is 0 Å². The highest BCUT2D eigenvalue weighted by molar-refractivity contribution is 5.93. The quantitative estimate of drug-likeness (QED) is 0.782. The monoisotopic (exact) mass is 277 g/mol. The molecule has 0 spiro atoms. The van der Waals surface area contributed by atoms with E-state index in [1.165, 1.54) is 0 Å². The van der Waals surface area contributed by atoms with Crippen LogP contribution in [-0.4, -0.2) is 25.1 Å². The molecule has 1 aromatic rings. The van der Waals surface area contributed by atoms with Crippen molar-refractivity contribution in [3.05, 3.63) is 23.8 Å². The summed E-state index contributed by atoms with van der Waals surface area (Å²) in [6, 6.07) is 5.30. The summed E-state index contributed by atoms with van der Waals surface area (Å²) >= 11 is 0. The van der Waals surface area contributed by atoms with Crippen LogP contribution in [0.4, 0.5) is 10.5 Å². The number of amides is 3. The Labute approximate surface area is 117 Å². The van der Waals surface area contributed by atoms with E-state index in [1.807, 2.05) is 25.1 Å². The summed E-state index contributed by atoms with van der Waals surface area (Å²) in [4.78, 5) is 22.9. The predicted octanol–water partition coefficient (Wildman–Crippen LogP) is 1.62. The number of anilines is 1. The number of carbonyl (C=O) groups excluding carboxylic acids is 2. The highest BCUT2D eigenvalue weighted by Crippen LogP contribution is 2.27. The predicted molar refractivity (Wildman–Crippen MR) is 75.7 cm³/mol. The van der Waals surface area contributed by atoms with Crippen molar-refractivity contribution in [2.45, 2.75) is 26.3 Å². The van der Waals surface area contributed by atoms with E-state index in [0.717, 1.165) is 12.0 Å². The summed E-state index contributed by atoms with van der Waals surface area (Å²) in [7, 11) is 0. The number of urea groups is 1. The van der Waals surface area contributed by atoms with Gasteiger partial charge in [-0.25, -0.2) is 4.79 Å². The molecule has 0 bridgehead atoms. The molecule has 6 nitrogen and oxygen atoms in total. The lowest BCUT2D eigenvalue weighted by Gasteiger charge is -2.10. The van der Waals surface area contributed by atoms with Crippen LogP contribution in [0.15, 0.2) is 18.2 Å². The molecule has 0 fully saturated rings. The van der Waals surface area contributed by atoms with Crippen molar-refractivity contribution in [1.29, 1.82) is 0 Å². The molecule has 0 saturated heterocycles. The molecule has 1 heterocycles. The van der Waals surface area contributed by atoms with Crippen molar-refractivity contribution >= 4 is 17.6 Å². The minimum atomic E-state index is -0.193. The van der Waals surface area contributed by atoms with E-state index in [4.69, 9.17) is 4.74 Å². The van der Waals surface area contributed by atoms with E-state index in [2.05, 4.69) is 16.0 Å². The van der Waals surface area contributed by atoms with Crippen LogP contribution in [0.5, 0.6) is 5.75 Å². The second-order valence-electron chi connectivity index (χ2n) is 4.59. The van der Waals surface area contributed by atoms with E-state index in [-0.39, 0.29) is 11.9 Å². The van der Waals surface area contributed by atoms with Crippen molar-refractivity contribution in [3.8, 4) is 5.75 Å². The lowest BCUT2D eigenvalue weighted by molar-refractivity contribution is -0.116. The van der Waals surface area contributed by atoms with Crippen LogP contribution >= 0.6 is 0 Å². The largest absolute Gasteiger partial charge is 0.491 e. The second kappa shape index (κ2) is 6.79. The van der Waals surface area contributed by atoms with Crippen LogP contribution in [0, 0.1) is 0 Å². The summed E-state index contributed by atoms with van der Waals surface area (Å²) in [5, 5.41) is 8.29. The molecule has 1 aliphatic heterocycles. The van der Waals surface area contributed by atoms with Crippen molar-refractivity contribution in [2.75, 3.05) is 18.5 Å². The molecule has 2 rings (SSSR count). The van der Waals surface area contributed by atoms with Crippen LogP contribution in [0.1, 0.15) is 25.3 Å². The number of hydrogen-bond donors (Lipinski definition) is 3. The maximum absolute atomic E-state index is 11.5. The summed E-state index contributed by atoms with van der Waals surface area (Å²) in [6.45, 7) is 3.43. The maximum atomic E-state index is 11.5. The van der Waals surface area contributed by atoms with Gasteiger partial charge in [-0.15, -0.1) is 0 Å². The first-order valence-electron chi connectivity index (χ1n) is 6.76. The number of carbonyl (C=O) groups is 2. The fourth-order valence-electron chi connectivity index (χ4n) is 1.86. The van der Waals surface area contributed by atoms with Crippen LogP contribution < -0.4 is 20.7 Å². The minimum absolute atomic E-state index is 0.0606. The summed E-state index contributed by atoms with van der Waals surface area (Å²) in [5.74, 6) is 0.601. The molecule has 108 valence electrons. The Hall–Kier alpha value is -2.24. The average Bonchev–Trinajstić information content (AvgIpc) is 2.62. The first kappa shape index (κ1) is 14.2. The molecule has 3 N–H and O–H groups in total. The lowest BCUT2D eigenvalue weighted by atomic mass is 10.2. The van der Waals surface area contributed by atoms with E-state index in [1.54, 1.807) is 0 Å². The van der Waals surface area contributed by atoms with Crippen molar-refractivity contribution in [1.82, 2.24) is 10.6 Å². The molecule has 1 aromatic carbocycles. The van der Waals surface area contributed by atoms with Crippen molar-refractivity contribution in [2.24, 2.45) is 0 Å². The van der Waals surface area contributed by atoms with Gasteiger partial charge >= 0.3 is 6.03 Å². The van der Waals surface area contributed by atoms with Gasteiger partial charge < -0.3 is 20.7 Å². The molecule has 0 unspecified atom stereocenters. The van der Waals surface area contributed by atoms with Gasteiger partial charge in [0.2, 0.25) is 5.91 Å². The third kappa shape index (κ3) is 3.88. The standard InChI is InChI=1S/C14H19N3O3/c1-2-6-15-14(19)16-9-10-3-4-12-11(8-10)17-13(18)5-7-20-12/h3-4,8H,2,5-7,9H2,1H3,(H,17,18)(H2,15,16,19). The minimum Gasteiger partial charge on any atom is -0.491 e. The number of nitrogens with one attached hydrogen (secondary N) is 3. The smallest absolute Gasteiger partial charge is 0.315 e. The Balaban J connectivity index is 1.96. The molecular formula is C14H19N3O3. The molecule has 3 amide bonds. The molecule has 20 heavy (non-hydrogen) atoms. The third-order valence-electron chi connectivity index (χ3n) is 2.89. The van der Waals surface area contributed by atoms with Gasteiger partial charge in [0.05, 0.1) is 18.7 Å². The molecule has 6 heteroatoms. The van der Waals surface area contributed by atoms with Gasteiger partial charge in [0.1, 0.15) is 5.75 Å². The number of fused-ring (bicyclic) bond motifs is 1. The van der Waals surface area contributed by atoms with Gasteiger partial charge in [-0.3, -0.25) is 4.79 Å². The molecule has 0 atom stereocenters. The van der Waals surface area contributed by atoms with Crippen LogP contribution in [0.25, 0.3) is 0 Å². The molecule has 1 aliphatic rings. The molecule has 0 aliphatic carbocycles. The maximum Gasteiger partial charge on any atom is 0.315 e. The van der Waals surface area contributed by atoms with Gasteiger partial charge in [0.15, 0.2) is 0 Å². The molecular weight excluding hydrogens is 258 g/mol. The number of rotatable bonds is 4. The Bertz CT molecular complexity index is 502. The average molecular weight is 277 g/mol. The zero-order valence-electron chi connectivity index (χ0n) is 11.5. The van der Waals surface area contributed by atoms with E-state index in [0.29, 0.717) is 37.6 Å². The molecule has 0 aromatic heterocycles. The SMILES string of the molecule is CCCNC(=O)NCc1ccc2c(c1)NC(=O)CCO2. The van der Waals surface area contributed by atoms with Gasteiger partial charge in [-0.05, 0) is 24.1 Å². The normalized spacial score (nSPS) is 13.6. The van der Waals surface area contributed by atoms with Gasteiger partial charge in [-0.2, -0.15) is 0 Å². The fourth-order valence-corrected chi connectivity index (χ4v) is 1.86. The van der Waals surface area contributed by atoms with Crippen LogP contribution in [0.2, 0.25) is 0 Å². The Morgan fingerprint density at radius 2 is 2.25 bits per heavy atom. The number of ether oxygens (including phenoxy) is 1. The zero-order chi connectivity index (χ0) is 14.4. The Kier molecular flexibility index (Phi) is 4.81. The Morgan fingerprint density at radius 3 is 3.05 bits per heavy atom. The summed E-state index contributed by atoms with van der Waals surface area (Å²) in [5.41, 5.74) is 1.56. The molecule has 0 radical (unpaired) electrons. The van der Waals surface area contributed by atoms with E-state index in [9.17, 15) is 9.59 Å². The van der Waals surface area contributed by atoms with Gasteiger partial charge in [0, 0.05) is 13.1 Å². The fraction of sp³-hybridized carbons (Fsp3) is 0.429. The third-order valence-corrected chi connectivity index (χ3v) is 2.89. The number of benzene rings is 1. The topological polar surface area (TPSA) is 79.5 Å². The number of hydrogen-bond acceptors (Lipinski definition) is 3. The van der Waals surface area contributed by atoms with Crippen LogP contribution in [-0.2, 0) is 11.3 Å². The first-order chi connectivity index (χ1) is 9.69. The van der Waals surface area contributed by atoms with E-state index < -0.39 is 0 Å². The van der Waals surface area contributed by atoms with Gasteiger partial charge in [0.25, 0.3) is 0 Å². The molecule has 0 saturated carbocycles. The highest BCUT2D eigenvalue weighted by atomic mass is 16.5.